The first-order chi connectivity index (χ1) is 4.66. The highest BCUT2D eigenvalue weighted by Crippen LogP contribution is 1.85. The Balaban J connectivity index is 3.40. The highest BCUT2D eigenvalue weighted by atomic mass is 16.4. The maximum absolute atomic E-state index is 10.5. The van der Waals surface area contributed by atoms with Gasteiger partial charge in [-0.05, 0) is 5.92 Å². The van der Waals surface area contributed by atoms with Crippen LogP contribution in [0.15, 0.2) is 5.16 Å². The molecule has 0 atom stereocenters. The number of carbonyl (C=O) groups is 1. The fourth-order valence-electron chi connectivity index (χ4n) is 0.403. The van der Waals surface area contributed by atoms with Crippen molar-refractivity contribution in [2.75, 3.05) is 6.54 Å². The molecule has 0 aromatic rings. The monoisotopic (exact) mass is 144 g/mol. The van der Waals surface area contributed by atoms with Crippen LogP contribution in [0.25, 0.3) is 0 Å². The Bertz CT molecular complexity index is 132. The van der Waals surface area contributed by atoms with E-state index >= 15 is 0 Å². The van der Waals surface area contributed by atoms with Gasteiger partial charge in [0.05, 0.1) is 0 Å². The summed E-state index contributed by atoms with van der Waals surface area (Å²) in [7, 11) is 0. The summed E-state index contributed by atoms with van der Waals surface area (Å²) in [4.78, 5) is 10.5. The Kier molecular flexibility index (Phi) is 4.28. The number of nitrogens with one attached hydrogen (secondary N) is 1. The third-order valence-electron chi connectivity index (χ3n) is 0.860. The number of oxime groups is 1. The summed E-state index contributed by atoms with van der Waals surface area (Å²) in [6.07, 6.45) is 0.836. The molecule has 0 heterocycles. The van der Waals surface area contributed by atoms with Crippen molar-refractivity contribution >= 4 is 12.1 Å². The van der Waals surface area contributed by atoms with Gasteiger partial charge in [0.15, 0.2) is 0 Å². The number of hydrogen-bond acceptors (Lipinski definition) is 3. The molecule has 0 fully saturated rings. The molecule has 0 saturated carbocycles. The fraction of sp³-hybridized carbons (Fsp3) is 0.667. The molecular formula is C6H12N2O2. The van der Waals surface area contributed by atoms with Crippen molar-refractivity contribution in [2.24, 2.45) is 11.1 Å². The van der Waals surface area contributed by atoms with E-state index in [1.165, 1.54) is 0 Å². The molecule has 58 valence electrons. The second-order valence-corrected chi connectivity index (χ2v) is 2.38. The topological polar surface area (TPSA) is 61.7 Å². The van der Waals surface area contributed by atoms with E-state index in [0.29, 0.717) is 12.5 Å². The van der Waals surface area contributed by atoms with Gasteiger partial charge >= 0.3 is 0 Å². The van der Waals surface area contributed by atoms with Gasteiger partial charge in [0.1, 0.15) is 6.21 Å². The molecule has 4 heteroatoms. The van der Waals surface area contributed by atoms with E-state index in [2.05, 4.69) is 10.5 Å². The molecule has 0 radical (unpaired) electrons. The molecule has 4 nitrogen and oxygen atoms in total. The zero-order chi connectivity index (χ0) is 7.98. The molecule has 0 saturated heterocycles. The molecule has 0 bridgehead atoms. The van der Waals surface area contributed by atoms with Gasteiger partial charge in [0, 0.05) is 6.54 Å². The Morgan fingerprint density at radius 2 is 2.40 bits per heavy atom. The third-order valence-corrected chi connectivity index (χ3v) is 0.860. The lowest BCUT2D eigenvalue weighted by Gasteiger charge is -2.02. The van der Waals surface area contributed by atoms with E-state index in [0.717, 1.165) is 6.21 Å². The van der Waals surface area contributed by atoms with Gasteiger partial charge in [-0.3, -0.25) is 4.79 Å². The van der Waals surface area contributed by atoms with Crippen molar-refractivity contribution in [3.05, 3.63) is 0 Å². The van der Waals surface area contributed by atoms with Crippen molar-refractivity contribution in [1.82, 2.24) is 5.32 Å². The lowest BCUT2D eigenvalue weighted by atomic mass is 10.2. The summed E-state index contributed by atoms with van der Waals surface area (Å²) in [6.45, 7) is 4.57. The number of carbonyl (C=O) groups excluding carboxylic acids is 1. The first-order valence-corrected chi connectivity index (χ1v) is 3.12. The third kappa shape index (κ3) is 5.08. The minimum absolute atomic E-state index is 0.365. The van der Waals surface area contributed by atoms with Gasteiger partial charge < -0.3 is 10.5 Å². The summed E-state index contributed by atoms with van der Waals surface area (Å²) < 4.78 is 0. The second kappa shape index (κ2) is 4.78. The Labute approximate surface area is 59.9 Å². The molecule has 2 N–H and O–H groups in total. The van der Waals surface area contributed by atoms with Crippen molar-refractivity contribution in [2.45, 2.75) is 13.8 Å². The zero-order valence-electron chi connectivity index (χ0n) is 6.16. The molecule has 10 heavy (non-hydrogen) atoms. The van der Waals surface area contributed by atoms with E-state index in [4.69, 9.17) is 5.21 Å². The Hall–Kier alpha value is -1.06. The molecule has 1 amide bonds. The van der Waals surface area contributed by atoms with E-state index in [1.807, 2.05) is 13.8 Å². The standard InChI is InChI=1S/C6H12N2O2/c1-5(2)3-7-6(9)4-8-10/h4-5,10H,3H2,1-2H3,(H,7,9)/b8-4-. The molecule has 0 spiro atoms. The van der Waals surface area contributed by atoms with Crippen LogP contribution in [0, 0.1) is 5.92 Å². The molecule has 0 aromatic carbocycles. The van der Waals surface area contributed by atoms with Gasteiger partial charge in [-0.2, -0.15) is 0 Å². The van der Waals surface area contributed by atoms with Crippen LogP contribution in [0.4, 0.5) is 0 Å². The smallest absolute Gasteiger partial charge is 0.265 e. The molecule has 0 unspecified atom stereocenters. The second-order valence-electron chi connectivity index (χ2n) is 2.38. The average Bonchev–Trinajstić information content (AvgIpc) is 1.85. The van der Waals surface area contributed by atoms with Crippen LogP contribution in [-0.4, -0.2) is 23.9 Å². The quantitative estimate of drug-likeness (QED) is 0.338. The van der Waals surface area contributed by atoms with Gasteiger partial charge in [0.2, 0.25) is 0 Å². The van der Waals surface area contributed by atoms with Gasteiger partial charge in [-0.25, -0.2) is 0 Å². The largest absolute Gasteiger partial charge is 0.411 e. The predicted molar refractivity (Wildman–Crippen MR) is 38.1 cm³/mol. The SMILES string of the molecule is CC(C)CNC(=O)/C=N\O. The van der Waals surface area contributed by atoms with E-state index < -0.39 is 0 Å². The minimum atomic E-state index is -0.365. The number of amides is 1. The lowest BCUT2D eigenvalue weighted by molar-refractivity contribution is -0.114. The molecule has 0 rings (SSSR count). The summed E-state index contributed by atoms with van der Waals surface area (Å²) in [5, 5.41) is 13.0. The first kappa shape index (κ1) is 8.94. The number of hydrogen-bond donors (Lipinski definition) is 2. The fourth-order valence-corrected chi connectivity index (χ4v) is 0.403. The summed E-state index contributed by atoms with van der Waals surface area (Å²) in [5.41, 5.74) is 0. The summed E-state index contributed by atoms with van der Waals surface area (Å²) in [6, 6.07) is 0. The molecule has 0 aliphatic heterocycles. The zero-order valence-corrected chi connectivity index (χ0v) is 6.16. The van der Waals surface area contributed by atoms with Gasteiger partial charge in [-0.15, -0.1) is 0 Å². The van der Waals surface area contributed by atoms with E-state index in [9.17, 15) is 4.79 Å². The van der Waals surface area contributed by atoms with Crippen molar-refractivity contribution in [3.63, 3.8) is 0 Å². The van der Waals surface area contributed by atoms with Crippen molar-refractivity contribution in [3.8, 4) is 0 Å². The van der Waals surface area contributed by atoms with Crippen LogP contribution < -0.4 is 5.32 Å². The van der Waals surface area contributed by atoms with Gasteiger partial charge in [-0.1, -0.05) is 19.0 Å². The van der Waals surface area contributed by atoms with Gasteiger partial charge in [0.25, 0.3) is 5.91 Å². The number of rotatable bonds is 3. The van der Waals surface area contributed by atoms with Crippen molar-refractivity contribution in [1.29, 1.82) is 0 Å². The van der Waals surface area contributed by atoms with Crippen LogP contribution in [-0.2, 0) is 4.79 Å². The maximum Gasteiger partial charge on any atom is 0.265 e. The van der Waals surface area contributed by atoms with Crippen LogP contribution in [0.5, 0.6) is 0 Å². The van der Waals surface area contributed by atoms with Crippen LogP contribution in [0.1, 0.15) is 13.8 Å². The highest BCUT2D eigenvalue weighted by molar-refractivity contribution is 6.25. The summed E-state index contributed by atoms with van der Waals surface area (Å²) >= 11 is 0. The predicted octanol–water partition coefficient (Wildman–Crippen LogP) is 0.219. The van der Waals surface area contributed by atoms with Crippen molar-refractivity contribution < 1.29 is 10.0 Å². The van der Waals surface area contributed by atoms with E-state index in [-0.39, 0.29) is 5.91 Å². The molecule has 0 aromatic heterocycles. The van der Waals surface area contributed by atoms with Crippen LogP contribution in [0.2, 0.25) is 0 Å². The molecule has 0 aliphatic rings. The van der Waals surface area contributed by atoms with E-state index in [1.54, 1.807) is 0 Å². The normalized spacial score (nSPS) is 10.7. The minimum Gasteiger partial charge on any atom is -0.411 e. The molecule has 0 aliphatic carbocycles. The lowest BCUT2D eigenvalue weighted by Crippen LogP contribution is -2.27. The summed E-state index contributed by atoms with van der Waals surface area (Å²) in [5.74, 6) is 0.0484. The first-order valence-electron chi connectivity index (χ1n) is 3.12. The maximum atomic E-state index is 10.5. The number of nitrogens with zero attached hydrogens (tertiary/aromatic N) is 1. The highest BCUT2D eigenvalue weighted by Gasteiger charge is 1.96. The Morgan fingerprint density at radius 3 is 2.80 bits per heavy atom. The van der Waals surface area contributed by atoms with Crippen LogP contribution in [0.3, 0.4) is 0 Å². The Morgan fingerprint density at radius 1 is 1.80 bits per heavy atom. The molecular weight excluding hydrogens is 132 g/mol. The van der Waals surface area contributed by atoms with Crippen LogP contribution >= 0.6 is 0 Å². The average molecular weight is 144 g/mol.